The molecule has 1 aliphatic heterocycles. The second kappa shape index (κ2) is 9.61. The van der Waals surface area contributed by atoms with Crippen LogP contribution in [0.15, 0.2) is 29.6 Å². The Morgan fingerprint density at radius 3 is 2.55 bits per heavy atom. The molecule has 3 heterocycles. The summed E-state index contributed by atoms with van der Waals surface area (Å²) in [5.74, 6) is 0.267. The van der Waals surface area contributed by atoms with E-state index in [0.29, 0.717) is 25.3 Å². The van der Waals surface area contributed by atoms with Gasteiger partial charge in [-0.2, -0.15) is 0 Å². The molecule has 0 N–H and O–H groups in total. The maximum absolute atomic E-state index is 13.4. The molecule has 8 nitrogen and oxygen atoms in total. The molecule has 164 valence electrons. The average molecular weight is 444 g/mol. The number of carbonyl (C=O) groups excluding carboxylic acids is 1. The summed E-state index contributed by atoms with van der Waals surface area (Å²) in [4.78, 5) is 22.3. The number of halogens is 1. The third-order valence-corrected chi connectivity index (χ3v) is 6.59. The number of tetrazole rings is 1. The first-order valence-electron chi connectivity index (χ1n) is 10.5. The van der Waals surface area contributed by atoms with Crippen LogP contribution in [-0.2, 0) is 24.2 Å². The van der Waals surface area contributed by atoms with Crippen LogP contribution >= 0.6 is 11.3 Å². The van der Waals surface area contributed by atoms with E-state index in [2.05, 4.69) is 37.7 Å². The monoisotopic (exact) mass is 443 g/mol. The van der Waals surface area contributed by atoms with Crippen LogP contribution in [-0.4, -0.2) is 67.1 Å². The normalized spacial score (nSPS) is 15.9. The van der Waals surface area contributed by atoms with Crippen molar-refractivity contribution in [3.05, 3.63) is 57.6 Å². The van der Waals surface area contributed by atoms with E-state index in [0.717, 1.165) is 42.3 Å². The standard InChI is InChI=1S/C21H26FN7OS/c1-3-20-23-18(14-31-20)13-27-8-10-28(11-9-27)21(30)19(29-15(2)24-25-26-29)12-16-4-6-17(22)7-5-16/h4-7,14,19H,3,8-13H2,1-2H3. The van der Waals surface area contributed by atoms with Gasteiger partial charge in [0.2, 0.25) is 5.91 Å². The average Bonchev–Trinajstić information content (AvgIpc) is 3.42. The molecular formula is C21H26FN7OS. The molecule has 0 bridgehead atoms. The molecule has 0 spiro atoms. The Balaban J connectivity index is 1.42. The molecular weight excluding hydrogens is 417 g/mol. The molecule has 1 fully saturated rings. The lowest BCUT2D eigenvalue weighted by Crippen LogP contribution is -2.50. The number of rotatable bonds is 7. The SMILES string of the molecule is CCc1nc(CN2CCN(C(=O)C(Cc3ccc(F)cc3)n3nnnc3C)CC2)cs1. The van der Waals surface area contributed by atoms with Gasteiger partial charge in [0.15, 0.2) is 0 Å². The molecule has 10 heteroatoms. The van der Waals surface area contributed by atoms with Crippen LogP contribution < -0.4 is 0 Å². The van der Waals surface area contributed by atoms with Crippen molar-refractivity contribution >= 4 is 17.2 Å². The predicted octanol–water partition coefficient (Wildman–Crippen LogP) is 2.27. The Morgan fingerprint density at radius 2 is 1.94 bits per heavy atom. The number of nitrogens with zero attached hydrogens (tertiary/aromatic N) is 7. The number of carbonyl (C=O) groups is 1. The molecule has 1 aliphatic rings. The Bertz CT molecular complexity index is 1010. The van der Waals surface area contributed by atoms with Gasteiger partial charge in [0.25, 0.3) is 0 Å². The number of aryl methyl sites for hydroxylation is 2. The van der Waals surface area contributed by atoms with E-state index in [4.69, 9.17) is 0 Å². The molecule has 1 aromatic carbocycles. The van der Waals surface area contributed by atoms with Crippen LogP contribution in [0.5, 0.6) is 0 Å². The minimum atomic E-state index is -0.558. The number of piperazine rings is 1. The minimum absolute atomic E-state index is 0.0127. The number of benzene rings is 1. The van der Waals surface area contributed by atoms with Crippen LogP contribution in [0.4, 0.5) is 4.39 Å². The van der Waals surface area contributed by atoms with E-state index in [1.54, 1.807) is 35.1 Å². The molecule has 1 atom stereocenters. The van der Waals surface area contributed by atoms with Gasteiger partial charge in [-0.05, 0) is 41.5 Å². The van der Waals surface area contributed by atoms with Crippen molar-refractivity contribution in [3.8, 4) is 0 Å². The van der Waals surface area contributed by atoms with E-state index in [1.807, 2.05) is 4.90 Å². The largest absolute Gasteiger partial charge is 0.338 e. The Morgan fingerprint density at radius 1 is 1.19 bits per heavy atom. The van der Waals surface area contributed by atoms with Crippen LogP contribution in [0.3, 0.4) is 0 Å². The number of thiazole rings is 1. The lowest BCUT2D eigenvalue weighted by atomic mass is 10.0. The number of hydrogen-bond donors (Lipinski definition) is 0. The summed E-state index contributed by atoms with van der Waals surface area (Å²) in [5, 5.41) is 15.0. The van der Waals surface area contributed by atoms with Crippen molar-refractivity contribution in [1.82, 2.24) is 35.0 Å². The molecule has 1 unspecified atom stereocenters. The van der Waals surface area contributed by atoms with E-state index >= 15 is 0 Å². The molecule has 31 heavy (non-hydrogen) atoms. The Hall–Kier alpha value is -2.72. The highest BCUT2D eigenvalue weighted by Gasteiger charge is 2.31. The highest BCUT2D eigenvalue weighted by molar-refractivity contribution is 7.09. The van der Waals surface area contributed by atoms with Gasteiger partial charge in [0, 0.05) is 44.5 Å². The molecule has 0 saturated carbocycles. The molecule has 2 aromatic heterocycles. The maximum Gasteiger partial charge on any atom is 0.248 e. The molecule has 4 rings (SSSR count). The third kappa shape index (κ3) is 5.13. The van der Waals surface area contributed by atoms with Crippen molar-refractivity contribution in [2.45, 2.75) is 39.3 Å². The van der Waals surface area contributed by atoms with Crippen molar-refractivity contribution in [3.63, 3.8) is 0 Å². The summed E-state index contributed by atoms with van der Waals surface area (Å²) in [6.07, 6.45) is 1.36. The van der Waals surface area contributed by atoms with Gasteiger partial charge < -0.3 is 4.90 Å². The van der Waals surface area contributed by atoms with E-state index in [1.165, 1.54) is 12.1 Å². The van der Waals surface area contributed by atoms with Crippen molar-refractivity contribution in [2.24, 2.45) is 0 Å². The Labute approximate surface area is 184 Å². The van der Waals surface area contributed by atoms with E-state index < -0.39 is 6.04 Å². The molecule has 0 radical (unpaired) electrons. The van der Waals surface area contributed by atoms with Gasteiger partial charge in [-0.15, -0.1) is 16.4 Å². The zero-order chi connectivity index (χ0) is 21.8. The lowest BCUT2D eigenvalue weighted by Gasteiger charge is -2.36. The predicted molar refractivity (Wildman–Crippen MR) is 115 cm³/mol. The second-order valence-electron chi connectivity index (χ2n) is 7.70. The number of amides is 1. The van der Waals surface area contributed by atoms with E-state index in [-0.39, 0.29) is 11.7 Å². The van der Waals surface area contributed by atoms with Crippen molar-refractivity contribution in [2.75, 3.05) is 26.2 Å². The highest BCUT2D eigenvalue weighted by Crippen LogP contribution is 2.20. The number of hydrogen-bond acceptors (Lipinski definition) is 7. The number of aromatic nitrogens is 5. The molecule has 1 amide bonds. The molecule has 3 aromatic rings. The van der Waals surface area contributed by atoms with Crippen LogP contribution in [0.1, 0.15) is 35.1 Å². The van der Waals surface area contributed by atoms with Crippen molar-refractivity contribution in [1.29, 1.82) is 0 Å². The fraction of sp³-hybridized carbons (Fsp3) is 0.476. The summed E-state index contributed by atoms with van der Waals surface area (Å²) >= 11 is 1.70. The summed E-state index contributed by atoms with van der Waals surface area (Å²) in [7, 11) is 0. The van der Waals surface area contributed by atoms with Crippen LogP contribution in [0.25, 0.3) is 0 Å². The summed E-state index contributed by atoms with van der Waals surface area (Å²) in [6, 6.07) is 5.66. The third-order valence-electron chi connectivity index (χ3n) is 5.55. The fourth-order valence-corrected chi connectivity index (χ4v) is 4.53. The van der Waals surface area contributed by atoms with Crippen LogP contribution in [0.2, 0.25) is 0 Å². The first-order chi connectivity index (χ1) is 15.0. The summed E-state index contributed by atoms with van der Waals surface area (Å²) in [6.45, 7) is 7.58. The second-order valence-corrected chi connectivity index (χ2v) is 8.65. The Kier molecular flexibility index (Phi) is 6.67. The maximum atomic E-state index is 13.4. The zero-order valence-corrected chi connectivity index (χ0v) is 18.6. The topological polar surface area (TPSA) is 80.0 Å². The first kappa shape index (κ1) is 21.5. The first-order valence-corrected chi connectivity index (χ1v) is 11.3. The van der Waals surface area contributed by atoms with Gasteiger partial charge >= 0.3 is 0 Å². The summed E-state index contributed by atoms with van der Waals surface area (Å²) < 4.78 is 14.9. The highest BCUT2D eigenvalue weighted by atomic mass is 32.1. The van der Waals surface area contributed by atoms with Gasteiger partial charge in [-0.3, -0.25) is 9.69 Å². The molecule has 0 aliphatic carbocycles. The van der Waals surface area contributed by atoms with Gasteiger partial charge in [-0.1, -0.05) is 19.1 Å². The molecule has 1 saturated heterocycles. The van der Waals surface area contributed by atoms with Gasteiger partial charge in [0.1, 0.15) is 17.7 Å². The van der Waals surface area contributed by atoms with Gasteiger partial charge in [-0.25, -0.2) is 14.1 Å². The zero-order valence-electron chi connectivity index (χ0n) is 17.7. The smallest absolute Gasteiger partial charge is 0.248 e. The minimum Gasteiger partial charge on any atom is -0.338 e. The van der Waals surface area contributed by atoms with Crippen molar-refractivity contribution < 1.29 is 9.18 Å². The van der Waals surface area contributed by atoms with Gasteiger partial charge in [0.05, 0.1) is 10.7 Å². The quantitative estimate of drug-likeness (QED) is 0.557. The fourth-order valence-electron chi connectivity index (χ4n) is 3.80. The van der Waals surface area contributed by atoms with Crippen LogP contribution in [0, 0.1) is 12.7 Å². The van der Waals surface area contributed by atoms with E-state index in [9.17, 15) is 9.18 Å². The lowest BCUT2D eigenvalue weighted by molar-refractivity contribution is -0.137. The summed E-state index contributed by atoms with van der Waals surface area (Å²) in [5.41, 5.74) is 1.96.